The monoisotopic (exact) mass is 386 g/mol. The molecule has 1 fully saturated rings. The van der Waals surface area contributed by atoms with Crippen molar-refractivity contribution < 1.29 is 9.59 Å². The number of fused-ring (bicyclic) bond motifs is 1. The Morgan fingerprint density at radius 2 is 1.66 bits per heavy atom. The molecule has 3 aromatic carbocycles. The summed E-state index contributed by atoms with van der Waals surface area (Å²) < 4.78 is 0. The summed E-state index contributed by atoms with van der Waals surface area (Å²) in [6.07, 6.45) is 2.10. The van der Waals surface area contributed by atoms with Crippen LogP contribution in [-0.2, 0) is 22.6 Å². The molecule has 1 N–H and O–H groups in total. The second-order valence-corrected chi connectivity index (χ2v) is 7.74. The van der Waals surface area contributed by atoms with Crippen molar-refractivity contribution in [2.75, 3.05) is 13.1 Å². The number of carbonyl (C=O) groups is 2. The van der Waals surface area contributed by atoms with Gasteiger partial charge in [-0.05, 0) is 40.8 Å². The summed E-state index contributed by atoms with van der Waals surface area (Å²) in [4.78, 5) is 27.2. The SMILES string of the molecule is O=C(NCc1ccc2ccccc2c1)[C@H]1CCCN(C(=O)Cc2ccccc2)C1. The van der Waals surface area contributed by atoms with Crippen molar-refractivity contribution in [3.8, 4) is 0 Å². The predicted molar refractivity (Wildman–Crippen MR) is 115 cm³/mol. The van der Waals surface area contributed by atoms with Crippen LogP contribution in [0.3, 0.4) is 0 Å². The van der Waals surface area contributed by atoms with Crippen molar-refractivity contribution in [3.63, 3.8) is 0 Å². The number of nitrogens with one attached hydrogen (secondary N) is 1. The zero-order valence-corrected chi connectivity index (χ0v) is 16.5. The van der Waals surface area contributed by atoms with Crippen molar-refractivity contribution in [1.29, 1.82) is 0 Å². The van der Waals surface area contributed by atoms with E-state index >= 15 is 0 Å². The van der Waals surface area contributed by atoms with E-state index in [1.54, 1.807) is 0 Å². The Morgan fingerprint density at radius 1 is 0.897 bits per heavy atom. The van der Waals surface area contributed by atoms with Crippen LogP contribution in [0.5, 0.6) is 0 Å². The van der Waals surface area contributed by atoms with Crippen LogP contribution in [0.4, 0.5) is 0 Å². The van der Waals surface area contributed by atoms with E-state index in [0.29, 0.717) is 19.5 Å². The lowest BCUT2D eigenvalue weighted by Gasteiger charge is -2.32. The van der Waals surface area contributed by atoms with Crippen LogP contribution in [0.2, 0.25) is 0 Å². The molecule has 1 aliphatic heterocycles. The number of piperidine rings is 1. The standard InChI is InChI=1S/C25H26N2O2/c28-24(16-19-7-2-1-3-8-19)27-14-6-11-23(18-27)25(29)26-17-20-12-13-21-9-4-5-10-22(21)15-20/h1-5,7-10,12-13,15,23H,6,11,14,16-18H2,(H,26,29)/t23-/m0/s1. The molecule has 148 valence electrons. The molecule has 29 heavy (non-hydrogen) atoms. The van der Waals surface area contributed by atoms with E-state index in [4.69, 9.17) is 0 Å². The van der Waals surface area contributed by atoms with Gasteiger partial charge in [-0.3, -0.25) is 9.59 Å². The quantitative estimate of drug-likeness (QED) is 0.722. The molecule has 0 aromatic heterocycles. The maximum Gasteiger partial charge on any atom is 0.227 e. The van der Waals surface area contributed by atoms with Gasteiger partial charge in [-0.25, -0.2) is 0 Å². The molecule has 0 aliphatic carbocycles. The Kier molecular flexibility index (Phi) is 5.89. The van der Waals surface area contributed by atoms with Gasteiger partial charge in [0.2, 0.25) is 11.8 Å². The number of rotatable bonds is 5. The molecular weight excluding hydrogens is 360 g/mol. The molecule has 1 heterocycles. The summed E-state index contributed by atoms with van der Waals surface area (Å²) in [7, 11) is 0. The summed E-state index contributed by atoms with van der Waals surface area (Å²) in [5, 5.41) is 5.44. The summed E-state index contributed by atoms with van der Waals surface area (Å²) >= 11 is 0. The second kappa shape index (κ2) is 8.91. The number of hydrogen-bond donors (Lipinski definition) is 1. The van der Waals surface area contributed by atoms with Crippen molar-refractivity contribution in [2.24, 2.45) is 5.92 Å². The minimum absolute atomic E-state index is 0.0374. The zero-order chi connectivity index (χ0) is 20.1. The number of hydrogen-bond acceptors (Lipinski definition) is 2. The first-order chi connectivity index (χ1) is 14.2. The highest BCUT2D eigenvalue weighted by molar-refractivity contribution is 5.84. The predicted octanol–water partition coefficient (Wildman–Crippen LogP) is 3.94. The average Bonchev–Trinajstić information content (AvgIpc) is 2.78. The molecule has 2 amide bonds. The number of nitrogens with zero attached hydrogens (tertiary/aromatic N) is 1. The van der Waals surface area contributed by atoms with Crippen LogP contribution in [0.15, 0.2) is 72.8 Å². The first kappa shape index (κ1) is 19.2. The third kappa shape index (κ3) is 4.83. The van der Waals surface area contributed by atoms with Crippen molar-refractivity contribution in [2.45, 2.75) is 25.8 Å². The van der Waals surface area contributed by atoms with E-state index in [1.165, 1.54) is 10.8 Å². The van der Waals surface area contributed by atoms with E-state index in [2.05, 4.69) is 35.6 Å². The van der Waals surface area contributed by atoms with E-state index < -0.39 is 0 Å². The molecular formula is C25H26N2O2. The molecule has 0 unspecified atom stereocenters. The molecule has 4 rings (SSSR count). The zero-order valence-electron chi connectivity index (χ0n) is 16.5. The van der Waals surface area contributed by atoms with Crippen LogP contribution in [0.1, 0.15) is 24.0 Å². The van der Waals surface area contributed by atoms with Crippen LogP contribution < -0.4 is 5.32 Å². The minimum Gasteiger partial charge on any atom is -0.352 e. The molecule has 1 saturated heterocycles. The lowest BCUT2D eigenvalue weighted by molar-refractivity contribution is -0.135. The van der Waals surface area contributed by atoms with Gasteiger partial charge in [0.05, 0.1) is 12.3 Å². The van der Waals surface area contributed by atoms with E-state index in [1.807, 2.05) is 47.4 Å². The fourth-order valence-corrected chi connectivity index (χ4v) is 3.98. The van der Waals surface area contributed by atoms with Crippen molar-refractivity contribution in [1.82, 2.24) is 10.2 Å². The largest absolute Gasteiger partial charge is 0.352 e. The Labute approximate surface area is 171 Å². The van der Waals surface area contributed by atoms with Gasteiger partial charge >= 0.3 is 0 Å². The normalized spacial score (nSPS) is 16.6. The van der Waals surface area contributed by atoms with Gasteiger partial charge in [0.25, 0.3) is 0 Å². The Balaban J connectivity index is 1.32. The van der Waals surface area contributed by atoms with Crippen LogP contribution >= 0.6 is 0 Å². The van der Waals surface area contributed by atoms with Crippen LogP contribution in [0.25, 0.3) is 10.8 Å². The van der Waals surface area contributed by atoms with Crippen molar-refractivity contribution >= 4 is 22.6 Å². The maximum absolute atomic E-state index is 12.7. The molecule has 0 bridgehead atoms. The van der Waals surface area contributed by atoms with Gasteiger partial charge in [-0.15, -0.1) is 0 Å². The second-order valence-electron chi connectivity index (χ2n) is 7.74. The van der Waals surface area contributed by atoms with E-state index in [-0.39, 0.29) is 17.7 Å². The number of likely N-dealkylation sites (tertiary alicyclic amines) is 1. The average molecular weight is 386 g/mol. The van der Waals surface area contributed by atoms with Crippen molar-refractivity contribution in [3.05, 3.63) is 83.9 Å². The molecule has 4 heteroatoms. The molecule has 1 aliphatic rings. The summed E-state index contributed by atoms with van der Waals surface area (Å²) in [5.41, 5.74) is 2.10. The molecule has 1 atom stereocenters. The third-order valence-corrected chi connectivity index (χ3v) is 5.62. The highest BCUT2D eigenvalue weighted by Crippen LogP contribution is 2.19. The lowest BCUT2D eigenvalue weighted by atomic mass is 9.96. The van der Waals surface area contributed by atoms with E-state index in [9.17, 15) is 9.59 Å². The summed E-state index contributed by atoms with van der Waals surface area (Å²) in [6, 6.07) is 24.2. The van der Waals surface area contributed by atoms with Crippen LogP contribution in [-0.4, -0.2) is 29.8 Å². The topological polar surface area (TPSA) is 49.4 Å². The molecule has 0 saturated carbocycles. The highest BCUT2D eigenvalue weighted by atomic mass is 16.2. The highest BCUT2D eigenvalue weighted by Gasteiger charge is 2.28. The fourth-order valence-electron chi connectivity index (χ4n) is 3.98. The number of amides is 2. The Bertz CT molecular complexity index is 1000. The Morgan fingerprint density at radius 3 is 2.48 bits per heavy atom. The smallest absolute Gasteiger partial charge is 0.227 e. The number of benzene rings is 3. The minimum atomic E-state index is -0.135. The molecule has 0 spiro atoms. The lowest BCUT2D eigenvalue weighted by Crippen LogP contribution is -2.45. The molecule has 0 radical (unpaired) electrons. The Hall–Kier alpha value is -3.14. The number of carbonyl (C=O) groups excluding carboxylic acids is 2. The third-order valence-electron chi connectivity index (χ3n) is 5.62. The van der Waals surface area contributed by atoms with Gasteiger partial charge in [0.15, 0.2) is 0 Å². The first-order valence-electron chi connectivity index (χ1n) is 10.3. The van der Waals surface area contributed by atoms with Gasteiger partial charge in [-0.1, -0.05) is 66.7 Å². The van der Waals surface area contributed by atoms with Crippen LogP contribution in [0, 0.1) is 5.92 Å². The van der Waals surface area contributed by atoms with E-state index in [0.717, 1.165) is 30.5 Å². The van der Waals surface area contributed by atoms with Gasteiger partial charge < -0.3 is 10.2 Å². The maximum atomic E-state index is 12.7. The van der Waals surface area contributed by atoms with Gasteiger partial charge in [0.1, 0.15) is 0 Å². The molecule has 3 aromatic rings. The van der Waals surface area contributed by atoms with Gasteiger partial charge in [0, 0.05) is 19.6 Å². The first-order valence-corrected chi connectivity index (χ1v) is 10.3. The summed E-state index contributed by atoms with van der Waals surface area (Å²) in [5.74, 6) is 0.00234. The summed E-state index contributed by atoms with van der Waals surface area (Å²) in [6.45, 7) is 1.76. The fraction of sp³-hybridized carbons (Fsp3) is 0.280. The van der Waals surface area contributed by atoms with Gasteiger partial charge in [-0.2, -0.15) is 0 Å². The molecule has 4 nitrogen and oxygen atoms in total.